The summed E-state index contributed by atoms with van der Waals surface area (Å²) in [7, 11) is 1.68. The maximum atomic E-state index is 12.9. The number of anilines is 1. The molecule has 1 amide bonds. The van der Waals surface area contributed by atoms with Gasteiger partial charge in [0.25, 0.3) is 0 Å². The molecule has 0 radical (unpaired) electrons. The summed E-state index contributed by atoms with van der Waals surface area (Å²) in [6.45, 7) is 4.17. The molecule has 0 spiro atoms. The predicted octanol–water partition coefficient (Wildman–Crippen LogP) is 1.48. The maximum Gasteiger partial charge on any atom is 0.245 e. The zero-order valence-corrected chi connectivity index (χ0v) is 13.7. The Bertz CT molecular complexity index is 634. The van der Waals surface area contributed by atoms with Crippen LogP contribution in [0.5, 0.6) is 0 Å². The Balaban J connectivity index is 1.88. The van der Waals surface area contributed by atoms with Gasteiger partial charge >= 0.3 is 0 Å². The molecule has 0 N–H and O–H groups in total. The Kier molecular flexibility index (Phi) is 4.49. The van der Waals surface area contributed by atoms with E-state index in [1.54, 1.807) is 7.11 Å². The molecule has 23 heavy (non-hydrogen) atoms. The average Bonchev–Trinajstić information content (AvgIpc) is 3.24. The normalized spacial score (nSPS) is 24.0. The van der Waals surface area contributed by atoms with Crippen LogP contribution in [0.1, 0.15) is 30.5 Å². The molecule has 2 atom stereocenters. The number of aryl methyl sites for hydroxylation is 1. The molecular weight excluding hydrogens is 292 g/mol. The number of pyridine rings is 1. The number of nitrogens with zero attached hydrogens (tertiary/aromatic N) is 4. The molecule has 0 aromatic carbocycles. The van der Waals surface area contributed by atoms with Crippen LogP contribution < -0.4 is 4.90 Å². The van der Waals surface area contributed by atoms with E-state index in [4.69, 9.17) is 4.74 Å². The van der Waals surface area contributed by atoms with Crippen LogP contribution in [0.3, 0.4) is 0 Å². The van der Waals surface area contributed by atoms with Gasteiger partial charge in [0.1, 0.15) is 23.6 Å². The van der Waals surface area contributed by atoms with E-state index in [-0.39, 0.29) is 18.1 Å². The summed E-state index contributed by atoms with van der Waals surface area (Å²) >= 11 is 0. The lowest BCUT2D eigenvalue weighted by molar-refractivity contribution is -0.131. The summed E-state index contributed by atoms with van der Waals surface area (Å²) in [6, 6.07) is 5.64. The number of methoxy groups -OCH3 is 1. The van der Waals surface area contributed by atoms with Crippen molar-refractivity contribution in [3.63, 3.8) is 0 Å². The van der Waals surface area contributed by atoms with Gasteiger partial charge in [0.15, 0.2) is 0 Å². The number of carbonyl (C=O) groups is 1. The number of ether oxygens (including phenoxy) is 1. The Morgan fingerprint density at radius 3 is 2.78 bits per heavy atom. The van der Waals surface area contributed by atoms with E-state index in [1.807, 2.05) is 28.9 Å². The molecule has 3 rings (SSSR count). The highest BCUT2D eigenvalue weighted by Crippen LogP contribution is 2.28. The number of rotatable bonds is 3. The SMILES string of the molecule is CO[C@H]1C[C@@H](C(=O)N2CCCC2)N(c2ccc(C)c(C#N)n2)C1. The Morgan fingerprint density at radius 1 is 1.39 bits per heavy atom. The van der Waals surface area contributed by atoms with Crippen molar-refractivity contribution in [2.45, 2.75) is 38.3 Å². The molecule has 2 fully saturated rings. The van der Waals surface area contributed by atoms with E-state index in [0.29, 0.717) is 24.5 Å². The minimum atomic E-state index is -0.250. The summed E-state index contributed by atoms with van der Waals surface area (Å²) in [5.74, 6) is 0.840. The average molecular weight is 314 g/mol. The fraction of sp³-hybridized carbons (Fsp3) is 0.588. The first-order valence-electron chi connectivity index (χ1n) is 8.10. The third kappa shape index (κ3) is 3.02. The van der Waals surface area contributed by atoms with E-state index in [1.165, 1.54) is 0 Å². The molecule has 2 saturated heterocycles. The van der Waals surface area contributed by atoms with Gasteiger partial charge in [0.05, 0.1) is 6.10 Å². The topological polar surface area (TPSA) is 69.5 Å². The largest absolute Gasteiger partial charge is 0.380 e. The fourth-order valence-corrected chi connectivity index (χ4v) is 3.40. The Morgan fingerprint density at radius 2 is 2.13 bits per heavy atom. The van der Waals surface area contributed by atoms with Gasteiger partial charge in [-0.25, -0.2) is 4.98 Å². The number of nitriles is 1. The van der Waals surface area contributed by atoms with Crippen molar-refractivity contribution >= 4 is 11.7 Å². The van der Waals surface area contributed by atoms with Crippen molar-refractivity contribution in [1.82, 2.24) is 9.88 Å². The van der Waals surface area contributed by atoms with Gasteiger partial charge in [0, 0.05) is 33.2 Å². The van der Waals surface area contributed by atoms with Gasteiger partial charge < -0.3 is 14.5 Å². The molecule has 3 heterocycles. The first-order chi connectivity index (χ1) is 11.1. The van der Waals surface area contributed by atoms with Crippen molar-refractivity contribution in [3.05, 3.63) is 23.4 Å². The van der Waals surface area contributed by atoms with Crippen LogP contribution in [0.4, 0.5) is 5.82 Å². The molecule has 6 heteroatoms. The predicted molar refractivity (Wildman–Crippen MR) is 86.1 cm³/mol. The standard InChI is InChI=1S/C17H22N4O2/c1-12-5-6-16(19-14(12)10-18)21-11-13(23-2)9-15(21)17(22)20-7-3-4-8-20/h5-6,13,15H,3-4,7-9,11H2,1-2H3/t13-,15-/m0/s1. The fourth-order valence-electron chi connectivity index (χ4n) is 3.40. The van der Waals surface area contributed by atoms with Crippen LogP contribution >= 0.6 is 0 Å². The molecule has 0 unspecified atom stereocenters. The maximum absolute atomic E-state index is 12.9. The lowest BCUT2D eigenvalue weighted by atomic mass is 10.1. The second kappa shape index (κ2) is 6.55. The first-order valence-corrected chi connectivity index (χ1v) is 8.10. The van der Waals surface area contributed by atoms with Gasteiger partial charge in [-0.3, -0.25) is 4.79 Å². The monoisotopic (exact) mass is 314 g/mol. The number of likely N-dealkylation sites (tertiary alicyclic amines) is 1. The second-order valence-corrected chi connectivity index (χ2v) is 6.24. The van der Waals surface area contributed by atoms with Gasteiger partial charge in [0.2, 0.25) is 5.91 Å². The number of hydrogen-bond donors (Lipinski definition) is 0. The third-order valence-corrected chi connectivity index (χ3v) is 4.78. The highest BCUT2D eigenvalue weighted by molar-refractivity contribution is 5.86. The summed E-state index contributed by atoms with van der Waals surface area (Å²) in [4.78, 5) is 21.2. The molecule has 6 nitrogen and oxygen atoms in total. The van der Waals surface area contributed by atoms with Gasteiger partial charge in [-0.05, 0) is 31.4 Å². The lowest BCUT2D eigenvalue weighted by Gasteiger charge is -2.28. The molecule has 1 aromatic heterocycles. The number of carbonyl (C=O) groups excluding carboxylic acids is 1. The summed E-state index contributed by atoms with van der Waals surface area (Å²) < 4.78 is 5.48. The molecule has 0 saturated carbocycles. The molecule has 0 bridgehead atoms. The van der Waals surface area contributed by atoms with Crippen molar-refractivity contribution in [2.75, 3.05) is 31.6 Å². The number of amides is 1. The molecule has 0 aliphatic carbocycles. The number of aromatic nitrogens is 1. The van der Waals surface area contributed by atoms with E-state index in [0.717, 1.165) is 31.5 Å². The highest BCUT2D eigenvalue weighted by Gasteiger charge is 2.40. The third-order valence-electron chi connectivity index (χ3n) is 4.78. The molecule has 2 aliphatic rings. The minimum absolute atomic E-state index is 0.0141. The van der Waals surface area contributed by atoms with Gasteiger partial charge in [-0.15, -0.1) is 0 Å². The van der Waals surface area contributed by atoms with Crippen LogP contribution in [0.2, 0.25) is 0 Å². The summed E-state index contributed by atoms with van der Waals surface area (Å²) in [6.07, 6.45) is 2.84. The summed E-state index contributed by atoms with van der Waals surface area (Å²) in [5.41, 5.74) is 1.26. The Hall–Kier alpha value is -2.13. The smallest absolute Gasteiger partial charge is 0.245 e. The van der Waals surface area contributed by atoms with Crippen LogP contribution in [-0.2, 0) is 9.53 Å². The number of hydrogen-bond acceptors (Lipinski definition) is 5. The highest BCUT2D eigenvalue weighted by atomic mass is 16.5. The quantitative estimate of drug-likeness (QED) is 0.845. The van der Waals surface area contributed by atoms with Crippen molar-refractivity contribution < 1.29 is 9.53 Å². The van der Waals surface area contributed by atoms with Crippen molar-refractivity contribution in [3.8, 4) is 6.07 Å². The van der Waals surface area contributed by atoms with Crippen LogP contribution in [0, 0.1) is 18.3 Å². The summed E-state index contributed by atoms with van der Waals surface area (Å²) in [5, 5.41) is 9.20. The van der Waals surface area contributed by atoms with E-state index in [9.17, 15) is 10.1 Å². The second-order valence-electron chi connectivity index (χ2n) is 6.24. The Labute approximate surface area is 136 Å². The zero-order chi connectivity index (χ0) is 16.4. The van der Waals surface area contributed by atoms with Crippen LogP contribution in [0.15, 0.2) is 12.1 Å². The molecular formula is C17H22N4O2. The van der Waals surface area contributed by atoms with Gasteiger partial charge in [-0.2, -0.15) is 5.26 Å². The van der Waals surface area contributed by atoms with E-state index in [2.05, 4.69) is 11.1 Å². The molecule has 2 aliphatic heterocycles. The van der Waals surface area contributed by atoms with Crippen molar-refractivity contribution in [2.24, 2.45) is 0 Å². The van der Waals surface area contributed by atoms with E-state index >= 15 is 0 Å². The first kappa shape index (κ1) is 15.8. The molecule has 1 aromatic rings. The van der Waals surface area contributed by atoms with Crippen molar-refractivity contribution in [1.29, 1.82) is 5.26 Å². The van der Waals surface area contributed by atoms with Crippen LogP contribution in [-0.4, -0.2) is 54.7 Å². The van der Waals surface area contributed by atoms with Gasteiger partial charge in [-0.1, -0.05) is 6.07 Å². The van der Waals surface area contributed by atoms with Crippen LogP contribution in [0.25, 0.3) is 0 Å². The lowest BCUT2D eigenvalue weighted by Crippen LogP contribution is -2.45. The minimum Gasteiger partial charge on any atom is -0.380 e. The zero-order valence-electron chi connectivity index (χ0n) is 13.7. The van der Waals surface area contributed by atoms with E-state index < -0.39 is 0 Å². The molecule has 122 valence electrons.